The van der Waals surface area contributed by atoms with Crippen molar-refractivity contribution >= 4 is 11.5 Å². The van der Waals surface area contributed by atoms with Gasteiger partial charge in [0.05, 0.1) is 7.11 Å². The van der Waals surface area contributed by atoms with E-state index < -0.39 is 0 Å². The van der Waals surface area contributed by atoms with Crippen molar-refractivity contribution < 1.29 is 4.74 Å². The largest absolute Gasteiger partial charge is 0.497 e. The van der Waals surface area contributed by atoms with Crippen LogP contribution >= 0.6 is 0 Å². The lowest BCUT2D eigenvalue weighted by Crippen LogP contribution is -2.47. The molecule has 0 radical (unpaired) electrons. The number of piperazine rings is 1. The standard InChI is InChI=1S/C20H26N4O/c1-15-21-19(16-5-3-6-16)14-20(22-15)24-11-9-23(10-12-24)17-7-4-8-18(13-17)25-2/h4,7-8,13-14,16H,3,5-6,9-12H2,1-2H3. The molecule has 25 heavy (non-hydrogen) atoms. The predicted molar refractivity (Wildman–Crippen MR) is 101 cm³/mol. The molecule has 0 spiro atoms. The molecule has 1 aliphatic heterocycles. The molecule has 0 unspecified atom stereocenters. The SMILES string of the molecule is COc1cccc(N2CCN(c3cc(C4CCC4)nc(C)n3)CC2)c1. The summed E-state index contributed by atoms with van der Waals surface area (Å²) in [5, 5.41) is 0. The van der Waals surface area contributed by atoms with Crippen molar-refractivity contribution in [1.82, 2.24) is 9.97 Å². The Morgan fingerprint density at radius 2 is 1.76 bits per heavy atom. The molecular formula is C20H26N4O. The molecule has 2 heterocycles. The van der Waals surface area contributed by atoms with Crippen LogP contribution < -0.4 is 14.5 Å². The highest BCUT2D eigenvalue weighted by molar-refractivity contribution is 5.53. The number of ether oxygens (including phenoxy) is 1. The average molecular weight is 338 g/mol. The Kier molecular flexibility index (Phi) is 4.47. The van der Waals surface area contributed by atoms with E-state index in [4.69, 9.17) is 9.72 Å². The molecule has 132 valence electrons. The number of methoxy groups -OCH3 is 1. The van der Waals surface area contributed by atoms with Crippen LogP contribution in [0.15, 0.2) is 30.3 Å². The molecule has 1 saturated heterocycles. The monoisotopic (exact) mass is 338 g/mol. The minimum absolute atomic E-state index is 0.651. The Labute approximate surface area is 149 Å². The number of hydrogen-bond donors (Lipinski definition) is 0. The maximum atomic E-state index is 5.35. The first-order valence-corrected chi connectivity index (χ1v) is 9.22. The fraction of sp³-hybridized carbons (Fsp3) is 0.500. The van der Waals surface area contributed by atoms with Gasteiger partial charge in [-0.1, -0.05) is 12.5 Å². The summed E-state index contributed by atoms with van der Waals surface area (Å²) in [4.78, 5) is 14.2. The molecule has 1 saturated carbocycles. The summed E-state index contributed by atoms with van der Waals surface area (Å²) in [6.45, 7) is 5.97. The highest BCUT2D eigenvalue weighted by Crippen LogP contribution is 2.36. The van der Waals surface area contributed by atoms with E-state index in [-0.39, 0.29) is 0 Å². The zero-order chi connectivity index (χ0) is 17.2. The first-order valence-electron chi connectivity index (χ1n) is 9.22. The van der Waals surface area contributed by atoms with E-state index in [1.165, 1.54) is 30.6 Å². The fourth-order valence-corrected chi connectivity index (χ4v) is 3.65. The number of rotatable bonds is 4. The van der Waals surface area contributed by atoms with E-state index in [2.05, 4.69) is 39.0 Å². The van der Waals surface area contributed by atoms with E-state index in [1.807, 2.05) is 13.0 Å². The van der Waals surface area contributed by atoms with Crippen LogP contribution in [0, 0.1) is 6.92 Å². The number of benzene rings is 1. The van der Waals surface area contributed by atoms with Crippen molar-refractivity contribution in [3.63, 3.8) is 0 Å². The second-order valence-electron chi connectivity index (χ2n) is 7.00. The van der Waals surface area contributed by atoms with Crippen LogP contribution in [0.5, 0.6) is 5.75 Å². The van der Waals surface area contributed by atoms with Gasteiger partial charge in [0.15, 0.2) is 0 Å². The molecule has 2 fully saturated rings. The Hall–Kier alpha value is -2.30. The molecule has 0 N–H and O–H groups in total. The Morgan fingerprint density at radius 1 is 1.00 bits per heavy atom. The van der Waals surface area contributed by atoms with Crippen LogP contribution in [0.25, 0.3) is 0 Å². The summed E-state index contributed by atoms with van der Waals surface area (Å²) in [5.74, 6) is 3.56. The van der Waals surface area contributed by atoms with E-state index in [1.54, 1.807) is 7.11 Å². The molecule has 1 aromatic heterocycles. The molecule has 0 bridgehead atoms. The Bertz CT molecular complexity index is 736. The number of hydrogen-bond acceptors (Lipinski definition) is 5. The van der Waals surface area contributed by atoms with Crippen molar-refractivity contribution in [2.45, 2.75) is 32.1 Å². The van der Waals surface area contributed by atoms with Gasteiger partial charge in [0.1, 0.15) is 17.4 Å². The molecule has 1 aromatic carbocycles. The molecule has 1 aliphatic carbocycles. The molecule has 0 amide bonds. The molecule has 4 rings (SSSR count). The summed E-state index contributed by atoms with van der Waals surface area (Å²) >= 11 is 0. The van der Waals surface area contributed by atoms with Gasteiger partial charge in [-0.25, -0.2) is 9.97 Å². The molecule has 0 atom stereocenters. The zero-order valence-electron chi connectivity index (χ0n) is 15.1. The van der Waals surface area contributed by atoms with Crippen LogP contribution in [0.1, 0.15) is 36.7 Å². The third kappa shape index (κ3) is 3.41. The lowest BCUT2D eigenvalue weighted by molar-refractivity contribution is 0.410. The summed E-state index contributed by atoms with van der Waals surface area (Å²) in [7, 11) is 1.72. The van der Waals surface area contributed by atoms with Gasteiger partial charge in [0, 0.05) is 55.6 Å². The number of aryl methyl sites for hydroxylation is 1. The maximum Gasteiger partial charge on any atom is 0.132 e. The quantitative estimate of drug-likeness (QED) is 0.855. The molecule has 5 heteroatoms. The molecule has 2 aliphatic rings. The Morgan fingerprint density at radius 3 is 2.44 bits per heavy atom. The summed E-state index contributed by atoms with van der Waals surface area (Å²) in [6.07, 6.45) is 3.89. The lowest BCUT2D eigenvalue weighted by Gasteiger charge is -2.37. The summed E-state index contributed by atoms with van der Waals surface area (Å²) in [5.41, 5.74) is 2.47. The van der Waals surface area contributed by atoms with E-state index in [0.717, 1.165) is 43.6 Å². The second-order valence-corrected chi connectivity index (χ2v) is 7.00. The predicted octanol–water partition coefficient (Wildman–Crippen LogP) is 3.39. The van der Waals surface area contributed by atoms with Gasteiger partial charge in [-0.2, -0.15) is 0 Å². The summed E-state index contributed by atoms with van der Waals surface area (Å²) in [6, 6.07) is 10.5. The third-order valence-electron chi connectivity index (χ3n) is 5.39. The van der Waals surface area contributed by atoms with Crippen LogP contribution in [0.4, 0.5) is 11.5 Å². The van der Waals surface area contributed by atoms with Crippen LogP contribution in [0.3, 0.4) is 0 Å². The van der Waals surface area contributed by atoms with Gasteiger partial charge in [0.25, 0.3) is 0 Å². The average Bonchev–Trinajstić information content (AvgIpc) is 2.60. The first-order chi connectivity index (χ1) is 12.2. The van der Waals surface area contributed by atoms with Gasteiger partial charge >= 0.3 is 0 Å². The minimum Gasteiger partial charge on any atom is -0.497 e. The molecule has 5 nitrogen and oxygen atoms in total. The maximum absolute atomic E-state index is 5.35. The molecular weight excluding hydrogens is 312 g/mol. The van der Waals surface area contributed by atoms with Gasteiger partial charge in [0.2, 0.25) is 0 Å². The molecule has 2 aromatic rings. The lowest BCUT2D eigenvalue weighted by atomic mass is 9.83. The van der Waals surface area contributed by atoms with Gasteiger partial charge < -0.3 is 14.5 Å². The van der Waals surface area contributed by atoms with Crippen LogP contribution in [-0.4, -0.2) is 43.3 Å². The van der Waals surface area contributed by atoms with Crippen molar-refractivity contribution in [2.24, 2.45) is 0 Å². The highest BCUT2D eigenvalue weighted by Gasteiger charge is 2.24. The smallest absolute Gasteiger partial charge is 0.132 e. The van der Waals surface area contributed by atoms with Crippen molar-refractivity contribution in [3.8, 4) is 5.75 Å². The topological polar surface area (TPSA) is 41.5 Å². The second kappa shape index (κ2) is 6.90. The van der Waals surface area contributed by atoms with E-state index in [9.17, 15) is 0 Å². The normalized spacial score (nSPS) is 18.2. The number of nitrogens with zero attached hydrogens (tertiary/aromatic N) is 4. The zero-order valence-corrected chi connectivity index (χ0v) is 15.1. The number of aromatic nitrogens is 2. The minimum atomic E-state index is 0.651. The van der Waals surface area contributed by atoms with Crippen LogP contribution in [-0.2, 0) is 0 Å². The third-order valence-corrected chi connectivity index (χ3v) is 5.39. The number of anilines is 2. The van der Waals surface area contributed by atoms with Crippen molar-refractivity contribution in [3.05, 3.63) is 41.9 Å². The van der Waals surface area contributed by atoms with Crippen molar-refractivity contribution in [2.75, 3.05) is 43.1 Å². The Balaban J connectivity index is 1.45. The fourth-order valence-electron chi connectivity index (χ4n) is 3.65. The van der Waals surface area contributed by atoms with E-state index in [0.29, 0.717) is 5.92 Å². The highest BCUT2D eigenvalue weighted by atomic mass is 16.5. The van der Waals surface area contributed by atoms with Gasteiger partial charge in [-0.15, -0.1) is 0 Å². The van der Waals surface area contributed by atoms with Gasteiger partial charge in [-0.05, 0) is 31.9 Å². The first kappa shape index (κ1) is 16.2. The summed E-state index contributed by atoms with van der Waals surface area (Å²) < 4.78 is 5.35. The van der Waals surface area contributed by atoms with Gasteiger partial charge in [-0.3, -0.25) is 0 Å². The van der Waals surface area contributed by atoms with E-state index >= 15 is 0 Å². The van der Waals surface area contributed by atoms with Crippen LogP contribution in [0.2, 0.25) is 0 Å². The van der Waals surface area contributed by atoms with Crippen molar-refractivity contribution in [1.29, 1.82) is 0 Å².